The molecule has 0 aliphatic carbocycles. The van der Waals surface area contributed by atoms with Gasteiger partial charge in [-0.15, -0.1) is 0 Å². The molecule has 0 saturated carbocycles. The van der Waals surface area contributed by atoms with Gasteiger partial charge in [-0.25, -0.2) is 0 Å². The van der Waals surface area contributed by atoms with E-state index < -0.39 is 6.04 Å². The van der Waals surface area contributed by atoms with Crippen LogP contribution in [0.15, 0.2) is 48.5 Å². The zero-order valence-corrected chi connectivity index (χ0v) is 13.1. The number of rotatable bonds is 3. The molecule has 1 heterocycles. The molecule has 2 aromatic rings. The first-order valence-corrected chi connectivity index (χ1v) is 7.43. The number of nitrogens with one attached hydrogen (secondary N) is 1. The molecule has 1 N–H and O–H groups in total. The molecule has 1 aliphatic heterocycles. The monoisotopic (exact) mass is 310 g/mol. The Balaban J connectivity index is 1.83. The van der Waals surface area contributed by atoms with Crippen molar-refractivity contribution in [2.75, 3.05) is 17.3 Å². The van der Waals surface area contributed by atoms with Gasteiger partial charge in [-0.1, -0.05) is 24.3 Å². The number of anilines is 2. The van der Waals surface area contributed by atoms with Gasteiger partial charge in [0.1, 0.15) is 11.8 Å². The van der Waals surface area contributed by atoms with E-state index in [0.717, 1.165) is 11.3 Å². The highest BCUT2D eigenvalue weighted by Gasteiger charge is 2.36. The SMILES string of the molecule is COc1cccc(NC(=O)C2Cc3ccccc3N2C(C)=O)c1. The fourth-order valence-electron chi connectivity index (χ4n) is 2.91. The Morgan fingerprint density at radius 2 is 1.96 bits per heavy atom. The van der Waals surface area contributed by atoms with E-state index in [9.17, 15) is 9.59 Å². The fourth-order valence-corrected chi connectivity index (χ4v) is 2.91. The number of fused-ring (bicyclic) bond motifs is 1. The molecule has 0 fully saturated rings. The van der Waals surface area contributed by atoms with E-state index >= 15 is 0 Å². The number of benzene rings is 2. The third kappa shape index (κ3) is 2.90. The second-order valence-corrected chi connectivity index (χ2v) is 5.46. The lowest BCUT2D eigenvalue weighted by Crippen LogP contribution is -2.44. The number of ether oxygens (including phenoxy) is 1. The summed E-state index contributed by atoms with van der Waals surface area (Å²) in [7, 11) is 1.58. The molecule has 2 amide bonds. The molecule has 5 heteroatoms. The van der Waals surface area contributed by atoms with Crippen molar-refractivity contribution in [2.24, 2.45) is 0 Å². The van der Waals surface area contributed by atoms with Gasteiger partial charge in [0.2, 0.25) is 11.8 Å². The number of nitrogens with zero attached hydrogens (tertiary/aromatic N) is 1. The number of para-hydroxylation sites is 1. The van der Waals surface area contributed by atoms with Crippen LogP contribution in [-0.4, -0.2) is 25.0 Å². The largest absolute Gasteiger partial charge is 0.497 e. The standard InChI is InChI=1S/C18H18N2O3/c1-12(21)20-16-9-4-3-6-13(16)10-17(20)18(22)19-14-7-5-8-15(11-14)23-2/h3-9,11,17H,10H2,1-2H3,(H,19,22). The molecule has 1 unspecified atom stereocenters. The number of methoxy groups -OCH3 is 1. The molecule has 1 aliphatic rings. The van der Waals surface area contributed by atoms with Crippen LogP contribution >= 0.6 is 0 Å². The third-order valence-electron chi connectivity index (χ3n) is 3.96. The van der Waals surface area contributed by atoms with Gasteiger partial charge in [0.25, 0.3) is 0 Å². The third-order valence-corrected chi connectivity index (χ3v) is 3.96. The molecule has 0 spiro atoms. The lowest BCUT2D eigenvalue weighted by atomic mass is 10.1. The Bertz CT molecular complexity index is 757. The Labute approximate surface area is 134 Å². The highest BCUT2D eigenvalue weighted by atomic mass is 16.5. The summed E-state index contributed by atoms with van der Waals surface area (Å²) < 4.78 is 5.16. The molecular weight excluding hydrogens is 292 g/mol. The minimum atomic E-state index is -0.531. The first-order valence-electron chi connectivity index (χ1n) is 7.43. The van der Waals surface area contributed by atoms with Crippen LogP contribution in [0.1, 0.15) is 12.5 Å². The van der Waals surface area contributed by atoms with Crippen LogP contribution < -0.4 is 15.0 Å². The summed E-state index contributed by atoms with van der Waals surface area (Å²) in [6, 6.07) is 14.2. The predicted octanol–water partition coefficient (Wildman–Crippen LogP) is 2.61. The summed E-state index contributed by atoms with van der Waals surface area (Å²) in [5.41, 5.74) is 2.47. The smallest absolute Gasteiger partial charge is 0.247 e. The first kappa shape index (κ1) is 15.1. The van der Waals surface area contributed by atoms with Crippen LogP contribution in [0.3, 0.4) is 0 Å². The average molecular weight is 310 g/mol. The summed E-state index contributed by atoms with van der Waals surface area (Å²) in [5, 5.41) is 2.87. The molecule has 23 heavy (non-hydrogen) atoms. The molecule has 1 atom stereocenters. The average Bonchev–Trinajstić information content (AvgIpc) is 2.95. The Morgan fingerprint density at radius 1 is 1.17 bits per heavy atom. The van der Waals surface area contributed by atoms with E-state index in [1.807, 2.05) is 30.3 Å². The number of hydrogen-bond acceptors (Lipinski definition) is 3. The Hall–Kier alpha value is -2.82. The molecule has 2 aromatic carbocycles. The molecular formula is C18H18N2O3. The molecule has 0 saturated heterocycles. The summed E-state index contributed by atoms with van der Waals surface area (Å²) >= 11 is 0. The molecule has 0 aromatic heterocycles. The van der Waals surface area contributed by atoms with Gasteiger partial charge in [-0.05, 0) is 23.8 Å². The minimum Gasteiger partial charge on any atom is -0.497 e. The van der Waals surface area contributed by atoms with Gasteiger partial charge < -0.3 is 10.1 Å². The van der Waals surface area contributed by atoms with E-state index in [1.54, 1.807) is 30.2 Å². The lowest BCUT2D eigenvalue weighted by molar-refractivity contribution is -0.122. The highest BCUT2D eigenvalue weighted by Crippen LogP contribution is 2.32. The highest BCUT2D eigenvalue weighted by molar-refractivity contribution is 6.06. The Kier molecular flexibility index (Phi) is 4.02. The lowest BCUT2D eigenvalue weighted by Gasteiger charge is -2.23. The van der Waals surface area contributed by atoms with E-state index in [2.05, 4.69) is 5.32 Å². The normalized spacial score (nSPS) is 15.9. The number of carbonyl (C=O) groups excluding carboxylic acids is 2. The molecule has 3 rings (SSSR count). The van der Waals surface area contributed by atoms with Crippen molar-refractivity contribution in [1.82, 2.24) is 0 Å². The van der Waals surface area contributed by atoms with Gasteiger partial charge in [0, 0.05) is 30.8 Å². The van der Waals surface area contributed by atoms with E-state index in [-0.39, 0.29) is 11.8 Å². The van der Waals surface area contributed by atoms with Crippen LogP contribution in [0.4, 0.5) is 11.4 Å². The number of hydrogen-bond donors (Lipinski definition) is 1. The minimum absolute atomic E-state index is 0.138. The van der Waals surface area contributed by atoms with Crippen molar-refractivity contribution in [3.05, 3.63) is 54.1 Å². The molecule has 0 radical (unpaired) electrons. The van der Waals surface area contributed by atoms with Gasteiger partial charge in [0.05, 0.1) is 7.11 Å². The fraction of sp³-hybridized carbons (Fsp3) is 0.222. The van der Waals surface area contributed by atoms with E-state index in [1.165, 1.54) is 6.92 Å². The van der Waals surface area contributed by atoms with Crippen molar-refractivity contribution < 1.29 is 14.3 Å². The molecule has 5 nitrogen and oxygen atoms in total. The van der Waals surface area contributed by atoms with E-state index in [0.29, 0.717) is 17.9 Å². The van der Waals surface area contributed by atoms with Crippen molar-refractivity contribution >= 4 is 23.2 Å². The first-order chi connectivity index (χ1) is 11.1. The van der Waals surface area contributed by atoms with Gasteiger partial charge in [0.15, 0.2) is 0 Å². The maximum absolute atomic E-state index is 12.7. The van der Waals surface area contributed by atoms with Crippen molar-refractivity contribution in [2.45, 2.75) is 19.4 Å². The summed E-state index contributed by atoms with van der Waals surface area (Å²) in [6.45, 7) is 1.48. The molecule has 0 bridgehead atoms. The van der Waals surface area contributed by atoms with Crippen LogP contribution in [-0.2, 0) is 16.0 Å². The Morgan fingerprint density at radius 3 is 2.70 bits per heavy atom. The summed E-state index contributed by atoms with van der Waals surface area (Å²) in [5.74, 6) is 0.325. The van der Waals surface area contributed by atoms with Gasteiger partial charge >= 0.3 is 0 Å². The maximum Gasteiger partial charge on any atom is 0.247 e. The van der Waals surface area contributed by atoms with Crippen LogP contribution in [0.25, 0.3) is 0 Å². The van der Waals surface area contributed by atoms with Gasteiger partial charge in [-0.2, -0.15) is 0 Å². The van der Waals surface area contributed by atoms with E-state index in [4.69, 9.17) is 4.74 Å². The van der Waals surface area contributed by atoms with Crippen molar-refractivity contribution in [3.63, 3.8) is 0 Å². The zero-order valence-electron chi connectivity index (χ0n) is 13.1. The molecule has 118 valence electrons. The summed E-state index contributed by atoms with van der Waals surface area (Å²) in [4.78, 5) is 26.2. The zero-order chi connectivity index (χ0) is 16.4. The number of carbonyl (C=O) groups is 2. The van der Waals surface area contributed by atoms with Crippen molar-refractivity contribution in [3.8, 4) is 5.75 Å². The quantitative estimate of drug-likeness (QED) is 0.948. The van der Waals surface area contributed by atoms with Gasteiger partial charge in [-0.3, -0.25) is 14.5 Å². The number of amides is 2. The van der Waals surface area contributed by atoms with Crippen LogP contribution in [0.5, 0.6) is 5.75 Å². The predicted molar refractivity (Wildman–Crippen MR) is 88.7 cm³/mol. The topological polar surface area (TPSA) is 58.6 Å². The second kappa shape index (κ2) is 6.12. The van der Waals surface area contributed by atoms with Crippen molar-refractivity contribution in [1.29, 1.82) is 0 Å². The summed E-state index contributed by atoms with van der Waals surface area (Å²) in [6.07, 6.45) is 0.519. The maximum atomic E-state index is 12.7. The van der Waals surface area contributed by atoms with Crippen LogP contribution in [0.2, 0.25) is 0 Å². The van der Waals surface area contributed by atoms with Crippen LogP contribution in [0, 0.1) is 0 Å². The second-order valence-electron chi connectivity index (χ2n) is 5.46.